The molecule has 109 heavy (non-hydrogen) atoms. The third-order valence-electron chi connectivity index (χ3n) is 14.6. The van der Waals surface area contributed by atoms with E-state index in [-0.39, 0.29) is 0 Å². The zero-order chi connectivity index (χ0) is 78.8. The van der Waals surface area contributed by atoms with Gasteiger partial charge in [0.1, 0.15) is 29.1 Å². The highest BCUT2D eigenvalue weighted by Gasteiger charge is 2.12. The molecule has 0 fully saturated rings. The van der Waals surface area contributed by atoms with Crippen LogP contribution in [0.5, 0.6) is 0 Å². The summed E-state index contributed by atoms with van der Waals surface area (Å²) in [7, 11) is 3.42. The van der Waals surface area contributed by atoms with Gasteiger partial charge in [-0.05, 0) is 52.8 Å². The van der Waals surface area contributed by atoms with Crippen LogP contribution in [0.1, 0.15) is 36.0 Å². The van der Waals surface area contributed by atoms with Gasteiger partial charge < -0.3 is 4.85 Å². The van der Waals surface area contributed by atoms with Gasteiger partial charge in [-0.15, -0.1) is 0 Å². The quantitative estimate of drug-likeness (QED) is 0.0932. The summed E-state index contributed by atoms with van der Waals surface area (Å²) in [5.41, 5.74) is 16.5. The van der Waals surface area contributed by atoms with Crippen LogP contribution in [0.15, 0.2) is 322 Å². The predicted octanol–water partition coefficient (Wildman–Crippen LogP) is 22.8. The topological polar surface area (TPSA) is 183 Å². The average molecular weight is 1450 g/mol. The van der Waals surface area contributed by atoms with E-state index in [9.17, 15) is 17.6 Å². The second-order valence-electron chi connectivity index (χ2n) is 22.2. The molecule has 548 valence electrons. The Morgan fingerprint density at radius 2 is 0.339 bits per heavy atom. The van der Waals surface area contributed by atoms with E-state index in [1.807, 2.05) is 283 Å². The maximum absolute atomic E-state index is 9.50. The van der Waals surface area contributed by atoms with E-state index in [1.165, 1.54) is 14.0 Å². The molecule has 14 nitrogen and oxygen atoms in total. The number of alkyl halides is 4. The van der Waals surface area contributed by atoms with Crippen molar-refractivity contribution in [2.24, 2.45) is 0 Å². The molecule has 5 heterocycles. The van der Waals surface area contributed by atoms with Crippen LogP contribution in [0.3, 0.4) is 0 Å². The maximum atomic E-state index is 9.50. The lowest BCUT2D eigenvalue weighted by molar-refractivity contribution is 0.635. The van der Waals surface area contributed by atoms with E-state index < -0.39 is 0 Å². The second-order valence-corrected chi connectivity index (χ2v) is 22.2. The van der Waals surface area contributed by atoms with E-state index in [0.29, 0.717) is 52.0 Å². The summed E-state index contributed by atoms with van der Waals surface area (Å²) >= 11 is 0. The summed E-state index contributed by atoms with van der Waals surface area (Å²) in [6.45, 7) is 16.8. The Bertz CT molecular complexity index is 4060. The SMILES string of the molecule is CC#N.CF.CF.CF.CF.Cc1nc(-c2ccccc2)cc(-c2ccccc2)n1.Cc1nc(-c2ccccc2)cc(-c2ccccc2)n1.Cc1nc(-c2ccccc2)cc(-c2ccccc2)n1.Cc1nc(-c2ccccc2)nc(-c2ccccc2)n1.Cc1nc(-c2ccccc2)nc(-c2ccccc2)n1.[C-]#[N+]C. The molecule has 0 N–H and O–H groups in total. The van der Waals surface area contributed by atoms with Gasteiger partial charge in [-0.3, -0.25) is 17.6 Å². The van der Waals surface area contributed by atoms with Crippen LogP contribution in [0, 0.1) is 52.5 Å². The number of rotatable bonds is 10. The van der Waals surface area contributed by atoms with Crippen molar-refractivity contribution < 1.29 is 17.6 Å². The lowest BCUT2D eigenvalue weighted by Gasteiger charge is -2.06. The van der Waals surface area contributed by atoms with Gasteiger partial charge in [-0.1, -0.05) is 303 Å². The normalized spacial score (nSPS) is 9.40. The first-order chi connectivity index (χ1) is 53.5. The first-order valence-electron chi connectivity index (χ1n) is 34.1. The van der Waals surface area contributed by atoms with Gasteiger partial charge in [0.2, 0.25) is 7.05 Å². The number of aryl methyl sites for hydroxylation is 5. The largest absolute Gasteiger partial charge is 0.320 e. The van der Waals surface area contributed by atoms with Gasteiger partial charge in [-0.2, -0.15) is 5.26 Å². The first-order valence-corrected chi connectivity index (χ1v) is 34.1. The third-order valence-corrected chi connectivity index (χ3v) is 14.6. The molecule has 18 heteroatoms. The zero-order valence-electron chi connectivity index (χ0n) is 62.9. The molecule has 0 bridgehead atoms. The van der Waals surface area contributed by atoms with Crippen LogP contribution in [-0.2, 0) is 0 Å². The van der Waals surface area contributed by atoms with Crippen LogP contribution >= 0.6 is 0 Å². The van der Waals surface area contributed by atoms with Crippen molar-refractivity contribution in [3.05, 3.63) is 362 Å². The Kier molecular flexibility index (Phi) is 39.2. The monoisotopic (exact) mass is 1450 g/mol. The smallest absolute Gasteiger partial charge is 0.205 e. The molecular formula is C91H86F4N14. The number of nitrogens with zero attached hydrogens (tertiary/aromatic N) is 14. The molecule has 0 aliphatic rings. The molecule has 0 saturated carbocycles. The fourth-order valence-corrected chi connectivity index (χ4v) is 10.1. The van der Waals surface area contributed by atoms with Crippen LogP contribution in [0.2, 0.25) is 0 Å². The standard InChI is InChI=1S/3C17H14N2.2C16H13N3.2C2H3N.4CH3F/c3*1-13-18-16(14-8-4-2-5-9-14)12-17(19-13)15-10-6-3-7-11-15;2*1-12-17-15(13-8-4-2-5-9-13)19-16(18-12)14-10-6-3-7-11-14;1-3-2;1-2-3;4*1-2/h3*2-12H,1H3;2*2-11H,1H3;2*1H3;4*1H3. The van der Waals surface area contributed by atoms with Gasteiger partial charge in [0.15, 0.2) is 23.3 Å². The van der Waals surface area contributed by atoms with Gasteiger partial charge in [-0.25, -0.2) is 66.4 Å². The molecule has 0 saturated heterocycles. The summed E-state index contributed by atoms with van der Waals surface area (Å²) in [5, 5.41) is 7.32. The molecule has 0 unspecified atom stereocenters. The summed E-state index contributed by atoms with van der Waals surface area (Å²) in [6, 6.07) is 109. The number of halogens is 4. The minimum Gasteiger partial charge on any atom is -0.320 e. The lowest BCUT2D eigenvalue weighted by Crippen LogP contribution is -1.99. The minimum absolute atomic E-state index is 0.500. The summed E-state index contributed by atoms with van der Waals surface area (Å²) in [4.78, 5) is 56.6. The van der Waals surface area contributed by atoms with E-state index >= 15 is 0 Å². The fraction of sp³-hybridized carbons (Fsp3) is 0.121. The molecule has 0 aliphatic heterocycles. The van der Waals surface area contributed by atoms with Crippen molar-refractivity contribution in [1.82, 2.24) is 59.8 Å². The Morgan fingerprint density at radius 1 is 0.229 bits per heavy atom. The van der Waals surface area contributed by atoms with Crippen LogP contribution in [0.25, 0.3) is 118 Å². The van der Waals surface area contributed by atoms with Crippen molar-refractivity contribution >= 4 is 0 Å². The van der Waals surface area contributed by atoms with Crippen LogP contribution < -0.4 is 0 Å². The molecule has 5 aromatic heterocycles. The van der Waals surface area contributed by atoms with E-state index in [0.717, 1.165) is 119 Å². The van der Waals surface area contributed by atoms with E-state index in [4.69, 9.17) is 11.8 Å². The average Bonchev–Trinajstić information content (AvgIpc) is 0.853. The van der Waals surface area contributed by atoms with Crippen LogP contribution in [0.4, 0.5) is 17.6 Å². The Morgan fingerprint density at radius 3 is 0.468 bits per heavy atom. The molecule has 15 aromatic rings. The van der Waals surface area contributed by atoms with E-state index in [1.54, 1.807) is 6.07 Å². The van der Waals surface area contributed by atoms with Crippen molar-refractivity contribution in [3.8, 4) is 119 Å². The predicted molar refractivity (Wildman–Crippen MR) is 436 cm³/mol. The second kappa shape index (κ2) is 49.8. The molecule has 10 aromatic carbocycles. The highest BCUT2D eigenvalue weighted by atomic mass is 19.1. The van der Waals surface area contributed by atoms with Gasteiger partial charge in [0.05, 0.1) is 68.9 Å². The van der Waals surface area contributed by atoms with Gasteiger partial charge in [0, 0.05) is 62.6 Å². The van der Waals surface area contributed by atoms with Crippen molar-refractivity contribution in [1.29, 1.82) is 5.26 Å². The third kappa shape index (κ3) is 29.0. The summed E-state index contributed by atoms with van der Waals surface area (Å²) in [5.74, 6) is 6.69. The molecular weight excluding hydrogens is 1370 g/mol. The van der Waals surface area contributed by atoms with Crippen molar-refractivity contribution in [2.75, 3.05) is 35.8 Å². The summed E-state index contributed by atoms with van der Waals surface area (Å²) < 4.78 is 38.0. The van der Waals surface area contributed by atoms with Gasteiger partial charge >= 0.3 is 0 Å². The minimum atomic E-state index is 0.500. The molecule has 0 radical (unpaired) electrons. The number of aromatic nitrogens is 12. The van der Waals surface area contributed by atoms with Crippen LogP contribution in [-0.4, -0.2) is 95.6 Å². The maximum Gasteiger partial charge on any atom is 0.205 e. The van der Waals surface area contributed by atoms with Crippen molar-refractivity contribution in [3.63, 3.8) is 0 Å². The number of hydrogen-bond acceptors (Lipinski definition) is 13. The fourth-order valence-electron chi connectivity index (χ4n) is 10.1. The van der Waals surface area contributed by atoms with Crippen molar-refractivity contribution in [2.45, 2.75) is 41.5 Å². The molecule has 15 rings (SSSR count). The molecule has 0 aliphatic carbocycles. The highest BCUT2D eigenvalue weighted by Crippen LogP contribution is 2.28. The molecule has 0 atom stereocenters. The first kappa shape index (κ1) is 85.8. The highest BCUT2D eigenvalue weighted by molar-refractivity contribution is 5.71. The Balaban J connectivity index is 0.000000234. The van der Waals surface area contributed by atoms with E-state index in [2.05, 4.69) is 137 Å². The molecule has 0 spiro atoms. The number of hydrogen-bond donors (Lipinski definition) is 0. The summed E-state index contributed by atoms with van der Waals surface area (Å²) in [6.07, 6.45) is 0. The Labute approximate surface area is 637 Å². The molecule has 0 amide bonds. The number of nitriles is 1. The lowest BCUT2D eigenvalue weighted by atomic mass is 10.1. The Hall–Kier alpha value is -13.8. The van der Waals surface area contributed by atoms with Gasteiger partial charge in [0.25, 0.3) is 0 Å². The zero-order valence-corrected chi connectivity index (χ0v) is 62.9. The number of benzene rings is 10.